The quantitative estimate of drug-likeness (QED) is 0.762. The third-order valence-corrected chi connectivity index (χ3v) is 1.80. The standard InChI is InChI=1S/C10H16N2O/c1-10(2,7-11)8-13-9-5-3-4-6-12-9/h3-6H,7-8,11H2,1-2H3. The zero-order valence-corrected chi connectivity index (χ0v) is 8.16. The van der Waals surface area contributed by atoms with Gasteiger partial charge in [-0.1, -0.05) is 19.9 Å². The molecule has 2 N–H and O–H groups in total. The number of rotatable bonds is 4. The van der Waals surface area contributed by atoms with Gasteiger partial charge in [0.25, 0.3) is 0 Å². The normalized spacial score (nSPS) is 11.3. The van der Waals surface area contributed by atoms with Crippen molar-refractivity contribution in [2.24, 2.45) is 11.1 Å². The van der Waals surface area contributed by atoms with Crippen LogP contribution in [0.5, 0.6) is 5.88 Å². The third-order valence-electron chi connectivity index (χ3n) is 1.80. The number of nitrogens with zero attached hydrogens (tertiary/aromatic N) is 1. The lowest BCUT2D eigenvalue weighted by molar-refractivity contribution is 0.181. The molecule has 0 amide bonds. The fourth-order valence-corrected chi connectivity index (χ4v) is 0.761. The second-order valence-electron chi connectivity index (χ2n) is 3.82. The van der Waals surface area contributed by atoms with Crippen molar-refractivity contribution in [3.05, 3.63) is 24.4 Å². The van der Waals surface area contributed by atoms with Crippen molar-refractivity contribution < 1.29 is 4.74 Å². The minimum absolute atomic E-state index is 0.0114. The molecule has 0 aliphatic heterocycles. The van der Waals surface area contributed by atoms with Crippen LogP contribution >= 0.6 is 0 Å². The molecule has 0 atom stereocenters. The van der Waals surface area contributed by atoms with Crippen LogP contribution in [0.4, 0.5) is 0 Å². The molecular formula is C10H16N2O. The first-order valence-corrected chi connectivity index (χ1v) is 4.38. The maximum absolute atomic E-state index is 5.57. The highest BCUT2D eigenvalue weighted by molar-refractivity contribution is 5.09. The summed E-state index contributed by atoms with van der Waals surface area (Å²) in [6, 6.07) is 5.60. The number of nitrogens with two attached hydrogens (primary N) is 1. The average molecular weight is 180 g/mol. The van der Waals surface area contributed by atoms with Crippen LogP contribution in [0, 0.1) is 5.41 Å². The Morgan fingerprint density at radius 1 is 1.46 bits per heavy atom. The van der Waals surface area contributed by atoms with Gasteiger partial charge in [-0.25, -0.2) is 4.98 Å². The summed E-state index contributed by atoms with van der Waals surface area (Å²) in [5.74, 6) is 0.657. The molecule has 0 spiro atoms. The Hall–Kier alpha value is -1.09. The highest BCUT2D eigenvalue weighted by Crippen LogP contribution is 2.14. The highest BCUT2D eigenvalue weighted by Gasteiger charge is 2.16. The molecule has 0 saturated heterocycles. The van der Waals surface area contributed by atoms with Gasteiger partial charge in [-0.3, -0.25) is 0 Å². The molecule has 0 bridgehead atoms. The monoisotopic (exact) mass is 180 g/mol. The van der Waals surface area contributed by atoms with E-state index in [1.807, 2.05) is 18.2 Å². The summed E-state index contributed by atoms with van der Waals surface area (Å²) < 4.78 is 5.47. The Morgan fingerprint density at radius 3 is 2.77 bits per heavy atom. The molecule has 0 radical (unpaired) electrons. The van der Waals surface area contributed by atoms with Crippen LogP contribution in [0.15, 0.2) is 24.4 Å². The second kappa shape index (κ2) is 4.23. The van der Waals surface area contributed by atoms with E-state index in [-0.39, 0.29) is 5.41 Å². The maximum atomic E-state index is 5.57. The summed E-state index contributed by atoms with van der Waals surface area (Å²) in [7, 11) is 0. The van der Waals surface area contributed by atoms with E-state index in [9.17, 15) is 0 Å². The molecular weight excluding hydrogens is 164 g/mol. The number of hydrogen-bond acceptors (Lipinski definition) is 3. The third kappa shape index (κ3) is 3.42. The van der Waals surface area contributed by atoms with E-state index >= 15 is 0 Å². The summed E-state index contributed by atoms with van der Waals surface area (Å²) in [6.07, 6.45) is 1.71. The van der Waals surface area contributed by atoms with Gasteiger partial charge in [0.15, 0.2) is 0 Å². The Balaban J connectivity index is 2.44. The molecule has 0 unspecified atom stereocenters. The molecule has 3 nitrogen and oxygen atoms in total. The maximum Gasteiger partial charge on any atom is 0.213 e. The first-order chi connectivity index (χ1) is 6.14. The lowest BCUT2D eigenvalue weighted by Gasteiger charge is -2.21. The second-order valence-corrected chi connectivity index (χ2v) is 3.82. The van der Waals surface area contributed by atoms with Gasteiger partial charge < -0.3 is 10.5 Å². The SMILES string of the molecule is CC(C)(CN)COc1ccccn1. The molecule has 0 aliphatic carbocycles. The van der Waals surface area contributed by atoms with Crippen molar-refractivity contribution in [1.82, 2.24) is 4.98 Å². The molecule has 3 heteroatoms. The highest BCUT2D eigenvalue weighted by atomic mass is 16.5. The van der Waals surface area contributed by atoms with Gasteiger partial charge in [0.05, 0.1) is 6.61 Å². The molecule has 1 rings (SSSR count). The Morgan fingerprint density at radius 2 is 2.23 bits per heavy atom. The van der Waals surface area contributed by atoms with Gasteiger partial charge in [-0.2, -0.15) is 0 Å². The van der Waals surface area contributed by atoms with Crippen molar-refractivity contribution in [2.75, 3.05) is 13.2 Å². The van der Waals surface area contributed by atoms with Gasteiger partial charge in [0.2, 0.25) is 5.88 Å². The molecule has 1 heterocycles. The van der Waals surface area contributed by atoms with Crippen molar-refractivity contribution in [1.29, 1.82) is 0 Å². The van der Waals surface area contributed by atoms with Crippen molar-refractivity contribution in [3.63, 3.8) is 0 Å². The van der Waals surface area contributed by atoms with E-state index < -0.39 is 0 Å². The lowest BCUT2D eigenvalue weighted by Crippen LogP contribution is -2.30. The molecule has 72 valence electrons. The molecule has 0 aromatic carbocycles. The predicted molar refractivity (Wildman–Crippen MR) is 52.6 cm³/mol. The van der Waals surface area contributed by atoms with E-state index in [1.165, 1.54) is 0 Å². The van der Waals surface area contributed by atoms with Crippen LogP contribution < -0.4 is 10.5 Å². The van der Waals surface area contributed by atoms with Gasteiger partial charge >= 0.3 is 0 Å². The van der Waals surface area contributed by atoms with Gasteiger partial charge in [0, 0.05) is 24.2 Å². The van der Waals surface area contributed by atoms with E-state index in [0.717, 1.165) is 0 Å². The number of aromatic nitrogens is 1. The first-order valence-electron chi connectivity index (χ1n) is 4.38. The topological polar surface area (TPSA) is 48.1 Å². The van der Waals surface area contributed by atoms with Crippen LogP contribution in [0.25, 0.3) is 0 Å². The van der Waals surface area contributed by atoms with E-state index in [2.05, 4.69) is 18.8 Å². The van der Waals surface area contributed by atoms with Crippen LogP contribution in [0.3, 0.4) is 0 Å². The fraction of sp³-hybridized carbons (Fsp3) is 0.500. The largest absolute Gasteiger partial charge is 0.477 e. The van der Waals surface area contributed by atoms with E-state index in [1.54, 1.807) is 6.20 Å². The molecule has 0 fully saturated rings. The van der Waals surface area contributed by atoms with Crippen LogP contribution in [0.1, 0.15) is 13.8 Å². The van der Waals surface area contributed by atoms with Gasteiger partial charge in [-0.15, -0.1) is 0 Å². The number of pyridine rings is 1. The zero-order valence-electron chi connectivity index (χ0n) is 8.16. The van der Waals surface area contributed by atoms with Crippen molar-refractivity contribution in [2.45, 2.75) is 13.8 Å². The van der Waals surface area contributed by atoms with Crippen LogP contribution in [0.2, 0.25) is 0 Å². The molecule has 1 aromatic rings. The molecule has 0 aliphatic rings. The Kier molecular flexibility index (Phi) is 3.25. The van der Waals surface area contributed by atoms with Crippen LogP contribution in [-0.2, 0) is 0 Å². The molecule has 0 saturated carbocycles. The summed E-state index contributed by atoms with van der Waals surface area (Å²) in [4.78, 5) is 4.05. The van der Waals surface area contributed by atoms with Crippen molar-refractivity contribution >= 4 is 0 Å². The van der Waals surface area contributed by atoms with E-state index in [0.29, 0.717) is 19.0 Å². The minimum Gasteiger partial charge on any atom is -0.477 e. The Labute approximate surface area is 78.9 Å². The fourth-order valence-electron chi connectivity index (χ4n) is 0.761. The predicted octanol–water partition coefficient (Wildman–Crippen LogP) is 1.45. The van der Waals surface area contributed by atoms with Gasteiger partial charge in [-0.05, 0) is 6.07 Å². The van der Waals surface area contributed by atoms with Gasteiger partial charge in [0.1, 0.15) is 0 Å². The minimum atomic E-state index is 0.0114. The summed E-state index contributed by atoms with van der Waals surface area (Å²) in [6.45, 7) is 5.34. The molecule has 1 aromatic heterocycles. The average Bonchev–Trinajstić information content (AvgIpc) is 2.17. The van der Waals surface area contributed by atoms with E-state index in [4.69, 9.17) is 10.5 Å². The summed E-state index contributed by atoms with van der Waals surface area (Å²) in [5, 5.41) is 0. The lowest BCUT2D eigenvalue weighted by atomic mass is 9.95. The zero-order chi connectivity index (χ0) is 9.73. The number of ether oxygens (including phenoxy) is 1. The number of hydrogen-bond donors (Lipinski definition) is 1. The summed E-state index contributed by atoms with van der Waals surface area (Å²) >= 11 is 0. The molecule has 13 heavy (non-hydrogen) atoms. The Bertz CT molecular complexity index is 246. The smallest absolute Gasteiger partial charge is 0.213 e. The summed E-state index contributed by atoms with van der Waals surface area (Å²) in [5.41, 5.74) is 5.58. The first kappa shape index (κ1) is 9.99. The van der Waals surface area contributed by atoms with Crippen molar-refractivity contribution in [3.8, 4) is 5.88 Å². The van der Waals surface area contributed by atoms with Crippen LogP contribution in [-0.4, -0.2) is 18.1 Å².